The van der Waals surface area contributed by atoms with E-state index in [1.54, 1.807) is 12.1 Å². The van der Waals surface area contributed by atoms with Gasteiger partial charge in [0.2, 0.25) is 0 Å². The van der Waals surface area contributed by atoms with Gasteiger partial charge in [-0.25, -0.2) is 4.79 Å². The highest BCUT2D eigenvalue weighted by Gasteiger charge is 1.99. The molecular formula is C8H4Cl2O2. The number of carbonyl (C=O) groups excluding carboxylic acids is 1. The molecule has 0 aliphatic heterocycles. The van der Waals surface area contributed by atoms with Gasteiger partial charge in [-0.15, -0.1) is 0 Å². The normalized spacial score (nSPS) is 8.83. The Labute approximate surface area is 79.4 Å². The van der Waals surface area contributed by atoms with Crippen LogP contribution >= 0.6 is 23.2 Å². The Bertz CT molecular complexity index is 330. The van der Waals surface area contributed by atoms with Crippen LogP contribution < -0.4 is 4.74 Å². The van der Waals surface area contributed by atoms with Gasteiger partial charge in [0.05, 0.1) is 5.02 Å². The van der Waals surface area contributed by atoms with E-state index in [0.29, 0.717) is 15.8 Å². The maximum absolute atomic E-state index is 9.78. The molecule has 0 spiro atoms. The van der Waals surface area contributed by atoms with E-state index in [9.17, 15) is 4.79 Å². The van der Waals surface area contributed by atoms with Crippen LogP contribution in [0, 0.1) is 0 Å². The van der Waals surface area contributed by atoms with Crippen molar-refractivity contribution in [3.63, 3.8) is 0 Å². The van der Waals surface area contributed by atoms with Crippen molar-refractivity contribution in [2.45, 2.75) is 0 Å². The quantitative estimate of drug-likeness (QED) is 0.545. The lowest BCUT2D eigenvalue weighted by Gasteiger charge is -2.00. The monoisotopic (exact) mass is 202 g/mol. The lowest BCUT2D eigenvalue weighted by molar-refractivity contribution is 0.477. The number of hydrogen-bond acceptors (Lipinski definition) is 2. The number of benzene rings is 1. The van der Waals surface area contributed by atoms with Gasteiger partial charge < -0.3 is 4.74 Å². The van der Waals surface area contributed by atoms with Gasteiger partial charge in [-0.3, -0.25) is 0 Å². The summed E-state index contributed by atoms with van der Waals surface area (Å²) < 4.78 is 4.80. The van der Waals surface area contributed by atoms with Crippen LogP contribution in [0.2, 0.25) is 10.0 Å². The Morgan fingerprint density at radius 3 is 2.75 bits per heavy atom. The molecule has 1 aromatic carbocycles. The predicted molar refractivity (Wildman–Crippen MR) is 47.4 cm³/mol. The molecular weight excluding hydrogens is 199 g/mol. The zero-order valence-corrected chi connectivity index (χ0v) is 7.39. The van der Waals surface area contributed by atoms with Crippen molar-refractivity contribution in [3.05, 3.63) is 34.5 Å². The van der Waals surface area contributed by atoms with Crippen molar-refractivity contribution < 1.29 is 9.53 Å². The summed E-state index contributed by atoms with van der Waals surface area (Å²) in [6.45, 7) is 0. The summed E-state index contributed by atoms with van der Waals surface area (Å²) in [6, 6.07) is 4.71. The molecule has 0 amide bonds. The van der Waals surface area contributed by atoms with Crippen LogP contribution in [0.25, 0.3) is 0 Å². The zero-order valence-electron chi connectivity index (χ0n) is 5.88. The molecule has 0 unspecified atom stereocenters. The lowest BCUT2D eigenvalue weighted by atomic mass is 10.3. The standard InChI is InChI=1S/C8H4Cl2O2/c9-6-1-2-8(7(10)5-6)12-4-3-11/h1-2,4-5H. The predicted octanol–water partition coefficient (Wildman–Crippen LogP) is 2.72. The smallest absolute Gasteiger partial charge is 0.174 e. The summed E-state index contributed by atoms with van der Waals surface area (Å²) in [7, 11) is 0. The number of hydrogen-bond donors (Lipinski definition) is 0. The van der Waals surface area contributed by atoms with Crippen LogP contribution in [0.4, 0.5) is 0 Å². The molecule has 1 aromatic rings. The van der Waals surface area contributed by atoms with Gasteiger partial charge in [0.25, 0.3) is 0 Å². The third-order valence-electron chi connectivity index (χ3n) is 1.13. The molecule has 0 fully saturated rings. The van der Waals surface area contributed by atoms with Crippen molar-refractivity contribution in [1.29, 1.82) is 0 Å². The molecule has 0 heterocycles. The van der Waals surface area contributed by atoms with E-state index >= 15 is 0 Å². The minimum absolute atomic E-state index is 0.356. The Balaban J connectivity index is 2.93. The van der Waals surface area contributed by atoms with E-state index < -0.39 is 0 Å². The molecule has 12 heavy (non-hydrogen) atoms. The maximum atomic E-state index is 9.78. The van der Waals surface area contributed by atoms with Crippen LogP contribution in [0.5, 0.6) is 5.75 Å². The SMILES string of the molecule is O=C=COc1ccc(Cl)cc1Cl. The fourth-order valence-corrected chi connectivity index (χ4v) is 1.11. The number of rotatable bonds is 2. The molecule has 0 saturated heterocycles. The zero-order chi connectivity index (χ0) is 8.97. The first-order valence-corrected chi connectivity index (χ1v) is 3.80. The van der Waals surface area contributed by atoms with Gasteiger partial charge in [-0.05, 0) is 18.2 Å². The molecule has 1 rings (SSSR count). The summed E-state index contributed by atoms with van der Waals surface area (Å²) >= 11 is 11.3. The second-order valence-corrected chi connectivity index (χ2v) is 2.77. The third kappa shape index (κ3) is 2.28. The van der Waals surface area contributed by atoms with E-state index in [2.05, 4.69) is 0 Å². The van der Waals surface area contributed by atoms with Crippen LogP contribution in [-0.4, -0.2) is 5.94 Å². The minimum atomic E-state index is 0.356. The van der Waals surface area contributed by atoms with E-state index in [-0.39, 0.29) is 0 Å². The van der Waals surface area contributed by atoms with Gasteiger partial charge in [-0.1, -0.05) is 23.2 Å². The summed E-state index contributed by atoms with van der Waals surface area (Å²) in [6.07, 6.45) is 0.884. The minimum Gasteiger partial charge on any atom is -0.452 e. The van der Waals surface area contributed by atoms with Crippen LogP contribution in [-0.2, 0) is 4.79 Å². The first kappa shape index (κ1) is 9.14. The first-order valence-electron chi connectivity index (χ1n) is 3.05. The Morgan fingerprint density at radius 2 is 2.17 bits per heavy atom. The average Bonchev–Trinajstić information content (AvgIpc) is 2.03. The fourth-order valence-electron chi connectivity index (χ4n) is 0.658. The molecule has 0 aliphatic rings. The number of halogens is 2. The van der Waals surface area contributed by atoms with E-state index in [1.807, 2.05) is 0 Å². The summed E-state index contributed by atoms with van der Waals surface area (Å²) in [5, 5.41) is 0.872. The molecule has 4 heteroatoms. The largest absolute Gasteiger partial charge is 0.452 e. The van der Waals surface area contributed by atoms with Crippen LogP contribution in [0.15, 0.2) is 24.5 Å². The molecule has 2 nitrogen and oxygen atoms in total. The van der Waals surface area contributed by atoms with E-state index in [1.165, 1.54) is 12.0 Å². The van der Waals surface area contributed by atoms with Gasteiger partial charge in [0.15, 0.2) is 12.2 Å². The second kappa shape index (κ2) is 4.17. The molecule has 0 N–H and O–H groups in total. The molecule has 0 radical (unpaired) electrons. The topological polar surface area (TPSA) is 26.3 Å². The van der Waals surface area contributed by atoms with Crippen LogP contribution in [0.3, 0.4) is 0 Å². The van der Waals surface area contributed by atoms with Crippen molar-refractivity contribution >= 4 is 29.1 Å². The van der Waals surface area contributed by atoms with Crippen molar-refractivity contribution in [2.75, 3.05) is 0 Å². The third-order valence-corrected chi connectivity index (χ3v) is 1.66. The lowest BCUT2D eigenvalue weighted by Crippen LogP contribution is -1.82. The molecule has 0 saturated carbocycles. The van der Waals surface area contributed by atoms with Gasteiger partial charge in [0.1, 0.15) is 5.75 Å². The highest BCUT2D eigenvalue weighted by Crippen LogP contribution is 2.27. The van der Waals surface area contributed by atoms with E-state index in [0.717, 1.165) is 6.26 Å². The molecule has 62 valence electrons. The Hall–Kier alpha value is -0.950. The van der Waals surface area contributed by atoms with Crippen molar-refractivity contribution in [2.24, 2.45) is 0 Å². The van der Waals surface area contributed by atoms with Gasteiger partial charge >= 0.3 is 0 Å². The van der Waals surface area contributed by atoms with Crippen molar-refractivity contribution in [3.8, 4) is 5.75 Å². The Morgan fingerprint density at radius 1 is 1.42 bits per heavy atom. The molecule has 0 aromatic heterocycles. The van der Waals surface area contributed by atoms with Crippen LogP contribution in [0.1, 0.15) is 0 Å². The van der Waals surface area contributed by atoms with E-state index in [4.69, 9.17) is 27.9 Å². The molecule has 0 atom stereocenters. The maximum Gasteiger partial charge on any atom is 0.174 e. The summed E-state index contributed by atoms with van der Waals surface area (Å²) in [4.78, 5) is 9.78. The molecule has 0 aliphatic carbocycles. The summed E-state index contributed by atoms with van der Waals surface area (Å²) in [5.41, 5.74) is 0. The highest BCUT2D eigenvalue weighted by molar-refractivity contribution is 6.35. The number of ether oxygens (including phenoxy) is 1. The fraction of sp³-hybridized carbons (Fsp3) is 0. The van der Waals surface area contributed by atoms with Crippen molar-refractivity contribution in [1.82, 2.24) is 0 Å². The van der Waals surface area contributed by atoms with Gasteiger partial charge in [-0.2, -0.15) is 0 Å². The first-order chi connectivity index (χ1) is 5.74. The molecule has 0 bridgehead atoms. The highest BCUT2D eigenvalue weighted by atomic mass is 35.5. The Kier molecular flexibility index (Phi) is 3.18. The average molecular weight is 203 g/mol. The second-order valence-electron chi connectivity index (χ2n) is 1.93. The summed E-state index contributed by atoms with van der Waals surface area (Å²) in [5.74, 6) is 1.85. The van der Waals surface area contributed by atoms with Gasteiger partial charge in [0, 0.05) is 5.02 Å².